The Morgan fingerprint density at radius 2 is 1.86 bits per heavy atom. The molecule has 0 aliphatic carbocycles. The van der Waals surface area contributed by atoms with Crippen LogP contribution in [-0.4, -0.2) is 16.5 Å². The fourth-order valence-electron chi connectivity index (χ4n) is 1.16. The molecule has 0 amide bonds. The Balaban J connectivity index is 2.48. The van der Waals surface area contributed by atoms with Crippen molar-refractivity contribution in [3.8, 4) is 0 Å². The number of hydrogen-bond donors (Lipinski definition) is 2. The van der Waals surface area contributed by atoms with Gasteiger partial charge in [-0.05, 0) is 18.4 Å². The Morgan fingerprint density at radius 1 is 1.21 bits per heavy atom. The maximum Gasteiger partial charge on any atom is 0.152 e. The van der Waals surface area contributed by atoms with Crippen LogP contribution in [-0.2, 0) is 0 Å². The van der Waals surface area contributed by atoms with Gasteiger partial charge in [-0.25, -0.2) is 0 Å². The summed E-state index contributed by atoms with van der Waals surface area (Å²) >= 11 is 0. The Labute approximate surface area is 84.5 Å². The molecule has 0 spiro atoms. The van der Waals surface area contributed by atoms with E-state index < -0.39 is 6.29 Å². The minimum atomic E-state index is -1.28. The monoisotopic (exact) mass is 191 g/mol. The Kier molecular flexibility index (Phi) is 4.36. The van der Waals surface area contributed by atoms with Crippen molar-refractivity contribution in [1.29, 1.82) is 0 Å². The second-order valence-electron chi connectivity index (χ2n) is 3.25. The molecule has 1 rings (SSSR count). The molecule has 75 valence electrons. The van der Waals surface area contributed by atoms with Crippen molar-refractivity contribution in [3.05, 3.63) is 48.9 Å². The van der Waals surface area contributed by atoms with Crippen LogP contribution in [0.4, 0.5) is 0 Å². The van der Waals surface area contributed by atoms with Crippen LogP contribution in [0, 0.1) is 12.8 Å². The maximum atomic E-state index is 8.70. The van der Waals surface area contributed by atoms with Crippen LogP contribution < -0.4 is 0 Å². The fraction of sp³-hybridized carbons (Fsp3) is 0.250. The van der Waals surface area contributed by atoms with E-state index >= 15 is 0 Å². The molecular formula is C12H15O2. The van der Waals surface area contributed by atoms with Crippen LogP contribution in [0.5, 0.6) is 0 Å². The van der Waals surface area contributed by atoms with Gasteiger partial charge in [-0.1, -0.05) is 42.5 Å². The van der Waals surface area contributed by atoms with Gasteiger partial charge in [0.05, 0.1) is 0 Å². The summed E-state index contributed by atoms with van der Waals surface area (Å²) in [4.78, 5) is 0. The van der Waals surface area contributed by atoms with Crippen molar-refractivity contribution >= 4 is 6.08 Å². The van der Waals surface area contributed by atoms with Crippen molar-refractivity contribution in [3.63, 3.8) is 0 Å². The summed E-state index contributed by atoms with van der Waals surface area (Å²) in [5.41, 5.74) is 1.09. The standard InChI is InChI=1S/C12H15O2/c1-10(9-12(13)14)7-8-11-5-3-2-4-6-11/h2-8,10,12-14H,1,9H2. The SMILES string of the molecule is [CH2]C(C=Cc1ccccc1)CC(O)O. The molecular weight excluding hydrogens is 176 g/mol. The normalized spacial score (nSPS) is 13.7. The molecule has 0 aliphatic rings. The number of allylic oxidation sites excluding steroid dienone is 1. The highest BCUT2D eigenvalue weighted by molar-refractivity contribution is 5.49. The zero-order valence-corrected chi connectivity index (χ0v) is 8.00. The predicted molar refractivity (Wildman–Crippen MR) is 57.2 cm³/mol. The average Bonchev–Trinajstić information content (AvgIpc) is 2.15. The van der Waals surface area contributed by atoms with Crippen LogP contribution in [0.2, 0.25) is 0 Å². The van der Waals surface area contributed by atoms with Crippen molar-refractivity contribution in [2.75, 3.05) is 0 Å². The van der Waals surface area contributed by atoms with E-state index in [2.05, 4.69) is 6.92 Å². The number of rotatable bonds is 4. The summed E-state index contributed by atoms with van der Waals surface area (Å²) in [5, 5.41) is 17.4. The molecule has 1 radical (unpaired) electrons. The van der Waals surface area contributed by atoms with Gasteiger partial charge < -0.3 is 10.2 Å². The van der Waals surface area contributed by atoms with Crippen LogP contribution in [0.1, 0.15) is 12.0 Å². The van der Waals surface area contributed by atoms with Gasteiger partial charge in [-0.2, -0.15) is 0 Å². The van der Waals surface area contributed by atoms with E-state index in [1.165, 1.54) is 0 Å². The second-order valence-corrected chi connectivity index (χ2v) is 3.25. The lowest BCUT2D eigenvalue weighted by Gasteiger charge is -2.06. The number of aliphatic hydroxyl groups excluding tert-OH is 1. The van der Waals surface area contributed by atoms with Crippen molar-refractivity contribution < 1.29 is 10.2 Å². The van der Waals surface area contributed by atoms with E-state index in [1.54, 1.807) is 0 Å². The van der Waals surface area contributed by atoms with Crippen molar-refractivity contribution in [1.82, 2.24) is 0 Å². The summed E-state index contributed by atoms with van der Waals surface area (Å²) < 4.78 is 0. The third kappa shape index (κ3) is 4.21. The average molecular weight is 191 g/mol. The Hall–Kier alpha value is -1.12. The van der Waals surface area contributed by atoms with E-state index in [1.807, 2.05) is 42.5 Å². The maximum absolute atomic E-state index is 8.70. The van der Waals surface area contributed by atoms with Gasteiger partial charge >= 0.3 is 0 Å². The highest BCUT2D eigenvalue weighted by Gasteiger charge is 2.02. The molecule has 14 heavy (non-hydrogen) atoms. The van der Waals surface area contributed by atoms with Crippen LogP contribution >= 0.6 is 0 Å². The third-order valence-corrected chi connectivity index (χ3v) is 1.87. The lowest BCUT2D eigenvalue weighted by molar-refractivity contribution is -0.0493. The molecule has 0 bridgehead atoms. The van der Waals surface area contributed by atoms with Gasteiger partial charge in [0.25, 0.3) is 0 Å². The first kappa shape index (κ1) is 11.0. The highest BCUT2D eigenvalue weighted by atomic mass is 16.5. The topological polar surface area (TPSA) is 40.5 Å². The number of aliphatic hydroxyl groups is 2. The first-order valence-corrected chi connectivity index (χ1v) is 4.61. The molecule has 0 saturated carbocycles. The lowest BCUT2D eigenvalue weighted by Crippen LogP contribution is -2.08. The molecule has 0 saturated heterocycles. The van der Waals surface area contributed by atoms with Crippen molar-refractivity contribution in [2.24, 2.45) is 5.92 Å². The van der Waals surface area contributed by atoms with E-state index in [0.29, 0.717) is 0 Å². The van der Waals surface area contributed by atoms with Gasteiger partial charge in [-0.3, -0.25) is 0 Å². The molecule has 1 unspecified atom stereocenters. The summed E-state index contributed by atoms with van der Waals surface area (Å²) in [6, 6.07) is 9.84. The Morgan fingerprint density at radius 3 is 2.43 bits per heavy atom. The van der Waals surface area contributed by atoms with Gasteiger partial charge in [0, 0.05) is 6.42 Å². The summed E-state index contributed by atoms with van der Waals surface area (Å²) in [5.74, 6) is -0.0739. The number of hydrogen-bond acceptors (Lipinski definition) is 2. The van der Waals surface area contributed by atoms with Crippen molar-refractivity contribution in [2.45, 2.75) is 12.7 Å². The first-order chi connectivity index (χ1) is 6.68. The molecule has 1 atom stereocenters. The summed E-state index contributed by atoms with van der Waals surface area (Å²) in [6.07, 6.45) is 2.79. The summed E-state index contributed by atoms with van der Waals surface area (Å²) in [6.45, 7) is 3.79. The highest BCUT2D eigenvalue weighted by Crippen LogP contribution is 2.09. The van der Waals surface area contributed by atoms with Crippen LogP contribution in [0.25, 0.3) is 6.08 Å². The molecule has 0 fully saturated rings. The van der Waals surface area contributed by atoms with Crippen LogP contribution in [0.3, 0.4) is 0 Å². The molecule has 0 aliphatic heterocycles. The fourth-order valence-corrected chi connectivity index (χ4v) is 1.16. The van der Waals surface area contributed by atoms with E-state index in [9.17, 15) is 0 Å². The molecule has 0 aromatic heterocycles. The zero-order valence-electron chi connectivity index (χ0n) is 8.00. The molecule has 2 nitrogen and oxygen atoms in total. The second kappa shape index (κ2) is 5.58. The molecule has 2 heteroatoms. The largest absolute Gasteiger partial charge is 0.368 e. The quantitative estimate of drug-likeness (QED) is 0.713. The molecule has 1 aromatic rings. The van der Waals surface area contributed by atoms with Gasteiger partial charge in [0.15, 0.2) is 6.29 Å². The van der Waals surface area contributed by atoms with E-state index in [4.69, 9.17) is 10.2 Å². The lowest BCUT2D eigenvalue weighted by atomic mass is 10.1. The number of benzene rings is 1. The van der Waals surface area contributed by atoms with Gasteiger partial charge in [-0.15, -0.1) is 0 Å². The predicted octanol–water partition coefficient (Wildman–Crippen LogP) is 1.85. The molecule has 2 N–H and O–H groups in total. The first-order valence-electron chi connectivity index (χ1n) is 4.61. The van der Waals surface area contributed by atoms with Gasteiger partial charge in [0.1, 0.15) is 0 Å². The van der Waals surface area contributed by atoms with Gasteiger partial charge in [0.2, 0.25) is 0 Å². The van der Waals surface area contributed by atoms with E-state index in [0.717, 1.165) is 5.56 Å². The minimum absolute atomic E-state index is 0.0739. The summed E-state index contributed by atoms with van der Waals surface area (Å²) in [7, 11) is 0. The Bertz CT molecular complexity index is 278. The third-order valence-electron chi connectivity index (χ3n) is 1.87. The molecule has 1 aromatic carbocycles. The smallest absolute Gasteiger partial charge is 0.152 e. The molecule has 0 heterocycles. The van der Waals surface area contributed by atoms with E-state index in [-0.39, 0.29) is 12.3 Å². The van der Waals surface area contributed by atoms with Crippen LogP contribution in [0.15, 0.2) is 36.4 Å². The zero-order chi connectivity index (χ0) is 10.4. The minimum Gasteiger partial charge on any atom is -0.368 e.